The third-order valence-corrected chi connectivity index (χ3v) is 3.57. The van der Waals surface area contributed by atoms with Crippen molar-refractivity contribution in [1.82, 2.24) is 5.32 Å². The normalized spacial score (nSPS) is 21.4. The van der Waals surface area contributed by atoms with Crippen molar-refractivity contribution in [2.75, 3.05) is 6.61 Å². The Bertz CT molecular complexity index is 483. The average molecular weight is 277 g/mol. The number of benzene rings is 1. The van der Waals surface area contributed by atoms with Crippen LogP contribution in [0.25, 0.3) is 0 Å². The van der Waals surface area contributed by atoms with Gasteiger partial charge in [0.1, 0.15) is 5.75 Å². The summed E-state index contributed by atoms with van der Waals surface area (Å²) >= 11 is 0. The van der Waals surface area contributed by atoms with Crippen molar-refractivity contribution >= 4 is 11.9 Å². The third kappa shape index (κ3) is 3.73. The highest BCUT2D eigenvalue weighted by Gasteiger charge is 2.33. The lowest BCUT2D eigenvalue weighted by molar-refractivity contribution is -0.142. The minimum atomic E-state index is -0.841. The number of nitrogens with one attached hydrogen (secondary N) is 1. The molecular formula is C15H19NO4. The monoisotopic (exact) mass is 277 g/mol. The van der Waals surface area contributed by atoms with E-state index in [2.05, 4.69) is 5.32 Å². The third-order valence-electron chi connectivity index (χ3n) is 3.57. The number of aryl methyl sites for hydroxylation is 1. The minimum absolute atomic E-state index is 0.0914. The molecule has 0 saturated heterocycles. The Hall–Kier alpha value is -2.04. The number of carboxylic acid groups (broad SMARTS) is 1. The van der Waals surface area contributed by atoms with E-state index in [4.69, 9.17) is 9.84 Å². The molecule has 1 aliphatic rings. The molecule has 0 spiro atoms. The number of aliphatic carboxylic acids is 1. The highest BCUT2D eigenvalue weighted by Crippen LogP contribution is 2.25. The standard InChI is InChI=1S/C15H19NO4/c1-10-5-7-11(8-6-10)20-9-14(17)16-13-4-2-3-12(13)15(18)19/h5-8,12-13H,2-4,9H2,1H3,(H,16,17)(H,18,19). The first-order chi connectivity index (χ1) is 9.56. The Balaban J connectivity index is 1.80. The number of rotatable bonds is 5. The van der Waals surface area contributed by atoms with Gasteiger partial charge in [0, 0.05) is 6.04 Å². The van der Waals surface area contributed by atoms with Crippen molar-refractivity contribution in [3.8, 4) is 5.75 Å². The molecule has 0 radical (unpaired) electrons. The molecular weight excluding hydrogens is 258 g/mol. The summed E-state index contributed by atoms with van der Waals surface area (Å²) in [6, 6.07) is 7.15. The second-order valence-electron chi connectivity index (χ2n) is 5.15. The van der Waals surface area contributed by atoms with Crippen molar-refractivity contribution in [1.29, 1.82) is 0 Å². The lowest BCUT2D eigenvalue weighted by atomic mass is 10.0. The number of carbonyl (C=O) groups is 2. The van der Waals surface area contributed by atoms with Gasteiger partial charge in [0.15, 0.2) is 6.61 Å². The van der Waals surface area contributed by atoms with E-state index in [0.717, 1.165) is 12.0 Å². The molecule has 5 heteroatoms. The molecule has 2 atom stereocenters. The van der Waals surface area contributed by atoms with Crippen molar-refractivity contribution in [2.45, 2.75) is 32.2 Å². The number of carboxylic acids is 1. The smallest absolute Gasteiger partial charge is 0.308 e. The average Bonchev–Trinajstić information content (AvgIpc) is 2.86. The molecule has 0 bridgehead atoms. The Kier molecular flexibility index (Phi) is 4.61. The Morgan fingerprint density at radius 2 is 2.00 bits per heavy atom. The molecule has 1 aliphatic carbocycles. The molecule has 1 aromatic carbocycles. The van der Waals surface area contributed by atoms with Crippen molar-refractivity contribution < 1.29 is 19.4 Å². The molecule has 108 valence electrons. The summed E-state index contributed by atoms with van der Waals surface area (Å²) in [4.78, 5) is 22.8. The van der Waals surface area contributed by atoms with Crippen LogP contribution < -0.4 is 10.1 Å². The molecule has 0 heterocycles. The highest BCUT2D eigenvalue weighted by atomic mass is 16.5. The number of amides is 1. The predicted molar refractivity (Wildman–Crippen MR) is 73.6 cm³/mol. The van der Waals surface area contributed by atoms with Crippen LogP contribution in [0, 0.1) is 12.8 Å². The summed E-state index contributed by atoms with van der Waals surface area (Å²) in [5.74, 6) is -0.957. The molecule has 1 saturated carbocycles. The second kappa shape index (κ2) is 6.41. The van der Waals surface area contributed by atoms with E-state index < -0.39 is 11.9 Å². The van der Waals surface area contributed by atoms with Crippen LogP contribution >= 0.6 is 0 Å². The quantitative estimate of drug-likeness (QED) is 0.859. The van der Waals surface area contributed by atoms with Crippen LogP contribution in [0.2, 0.25) is 0 Å². The summed E-state index contributed by atoms with van der Waals surface area (Å²) in [5, 5.41) is 11.8. The van der Waals surface area contributed by atoms with E-state index in [1.165, 1.54) is 0 Å². The molecule has 0 aliphatic heterocycles. The second-order valence-corrected chi connectivity index (χ2v) is 5.15. The van der Waals surface area contributed by atoms with Gasteiger partial charge in [0.2, 0.25) is 0 Å². The fourth-order valence-corrected chi connectivity index (χ4v) is 2.46. The van der Waals surface area contributed by atoms with Gasteiger partial charge >= 0.3 is 5.97 Å². The fourth-order valence-electron chi connectivity index (χ4n) is 2.46. The molecule has 1 fully saturated rings. The fraction of sp³-hybridized carbons (Fsp3) is 0.467. The van der Waals surface area contributed by atoms with E-state index in [1.54, 1.807) is 12.1 Å². The Morgan fingerprint density at radius 3 is 2.65 bits per heavy atom. The maximum absolute atomic E-state index is 11.8. The van der Waals surface area contributed by atoms with E-state index in [1.807, 2.05) is 19.1 Å². The predicted octanol–water partition coefficient (Wildman–Crippen LogP) is 1.74. The summed E-state index contributed by atoms with van der Waals surface area (Å²) < 4.78 is 5.37. The first kappa shape index (κ1) is 14.4. The number of carbonyl (C=O) groups excluding carboxylic acids is 1. The van der Waals surface area contributed by atoms with Gasteiger partial charge in [-0.15, -0.1) is 0 Å². The van der Waals surface area contributed by atoms with Crippen LogP contribution in [0.15, 0.2) is 24.3 Å². The molecule has 20 heavy (non-hydrogen) atoms. The zero-order chi connectivity index (χ0) is 14.5. The zero-order valence-electron chi connectivity index (χ0n) is 11.5. The van der Waals surface area contributed by atoms with Gasteiger partial charge in [0.25, 0.3) is 5.91 Å². The lowest BCUT2D eigenvalue weighted by Crippen LogP contribution is -2.42. The van der Waals surface area contributed by atoms with Gasteiger partial charge in [-0.2, -0.15) is 0 Å². The van der Waals surface area contributed by atoms with Crippen LogP contribution in [-0.4, -0.2) is 29.6 Å². The van der Waals surface area contributed by atoms with Gasteiger partial charge in [-0.25, -0.2) is 0 Å². The summed E-state index contributed by atoms with van der Waals surface area (Å²) in [6.45, 7) is 1.88. The molecule has 2 N–H and O–H groups in total. The summed E-state index contributed by atoms with van der Waals surface area (Å²) in [7, 11) is 0. The topological polar surface area (TPSA) is 75.6 Å². The van der Waals surface area contributed by atoms with E-state index in [9.17, 15) is 9.59 Å². The molecule has 2 unspecified atom stereocenters. The minimum Gasteiger partial charge on any atom is -0.484 e. The Labute approximate surface area is 117 Å². The van der Waals surface area contributed by atoms with Gasteiger partial charge in [-0.1, -0.05) is 24.1 Å². The van der Waals surface area contributed by atoms with Gasteiger partial charge in [-0.05, 0) is 31.9 Å². The van der Waals surface area contributed by atoms with Crippen molar-refractivity contribution in [3.05, 3.63) is 29.8 Å². The van der Waals surface area contributed by atoms with Crippen molar-refractivity contribution in [2.24, 2.45) is 5.92 Å². The Morgan fingerprint density at radius 1 is 1.30 bits per heavy atom. The molecule has 5 nitrogen and oxygen atoms in total. The first-order valence-corrected chi connectivity index (χ1v) is 6.78. The van der Waals surface area contributed by atoms with E-state index in [0.29, 0.717) is 18.6 Å². The molecule has 0 aromatic heterocycles. The maximum Gasteiger partial charge on any atom is 0.308 e. The van der Waals surface area contributed by atoms with Gasteiger partial charge < -0.3 is 15.2 Å². The van der Waals surface area contributed by atoms with E-state index >= 15 is 0 Å². The zero-order valence-corrected chi connectivity index (χ0v) is 11.5. The van der Waals surface area contributed by atoms with E-state index in [-0.39, 0.29) is 18.6 Å². The SMILES string of the molecule is Cc1ccc(OCC(=O)NC2CCCC2C(=O)O)cc1. The molecule has 1 amide bonds. The number of hydrogen-bond donors (Lipinski definition) is 2. The number of ether oxygens (including phenoxy) is 1. The largest absolute Gasteiger partial charge is 0.484 e. The van der Waals surface area contributed by atoms with Gasteiger partial charge in [-0.3, -0.25) is 9.59 Å². The maximum atomic E-state index is 11.8. The van der Waals surface area contributed by atoms with Crippen molar-refractivity contribution in [3.63, 3.8) is 0 Å². The van der Waals surface area contributed by atoms with Crippen LogP contribution in [0.4, 0.5) is 0 Å². The number of hydrogen-bond acceptors (Lipinski definition) is 3. The first-order valence-electron chi connectivity index (χ1n) is 6.78. The molecule has 2 rings (SSSR count). The van der Waals surface area contributed by atoms with Crippen LogP contribution in [0.1, 0.15) is 24.8 Å². The summed E-state index contributed by atoms with van der Waals surface area (Å²) in [6.07, 6.45) is 2.17. The highest BCUT2D eigenvalue weighted by molar-refractivity contribution is 5.79. The van der Waals surface area contributed by atoms with Crippen LogP contribution in [-0.2, 0) is 9.59 Å². The van der Waals surface area contributed by atoms with Crippen LogP contribution in [0.5, 0.6) is 5.75 Å². The molecule has 1 aromatic rings. The van der Waals surface area contributed by atoms with Gasteiger partial charge in [0.05, 0.1) is 5.92 Å². The lowest BCUT2D eigenvalue weighted by Gasteiger charge is -2.17. The summed E-state index contributed by atoms with van der Waals surface area (Å²) in [5.41, 5.74) is 1.12. The van der Waals surface area contributed by atoms with Crippen LogP contribution in [0.3, 0.4) is 0 Å².